The van der Waals surface area contributed by atoms with Crippen LogP contribution in [0.25, 0.3) is 0 Å². The Morgan fingerprint density at radius 1 is 1.08 bits per heavy atom. The van der Waals surface area contributed by atoms with Crippen LogP contribution >= 0.6 is 0 Å². The molecule has 78 valence electrons. The van der Waals surface area contributed by atoms with Crippen LogP contribution in [0, 0.1) is 0 Å². The number of rotatable bonds is 8. The zero-order valence-corrected chi connectivity index (χ0v) is 9.13. The molecule has 1 unspecified atom stereocenters. The first kappa shape index (κ1) is 12.7. The quantitative estimate of drug-likeness (QED) is 0.451. The van der Waals surface area contributed by atoms with Gasteiger partial charge in [0, 0.05) is 0 Å². The van der Waals surface area contributed by atoms with Gasteiger partial charge in [-0.1, -0.05) is 38.8 Å². The molecule has 0 aromatic carbocycles. The van der Waals surface area contributed by atoms with Gasteiger partial charge in [-0.3, -0.25) is 0 Å². The van der Waals surface area contributed by atoms with E-state index in [0.717, 1.165) is 32.1 Å². The van der Waals surface area contributed by atoms with E-state index in [0.29, 0.717) is 0 Å². The van der Waals surface area contributed by atoms with Gasteiger partial charge < -0.3 is 5.11 Å². The molecule has 0 fully saturated rings. The lowest BCUT2D eigenvalue weighted by Gasteiger charge is -2.07. The van der Waals surface area contributed by atoms with Crippen LogP contribution in [0.5, 0.6) is 0 Å². The predicted molar refractivity (Wildman–Crippen MR) is 58.8 cm³/mol. The van der Waals surface area contributed by atoms with Crippen LogP contribution in [0.4, 0.5) is 0 Å². The highest BCUT2D eigenvalue weighted by Gasteiger charge is 2.00. The first-order valence-electron chi connectivity index (χ1n) is 5.64. The van der Waals surface area contributed by atoms with Crippen molar-refractivity contribution < 1.29 is 5.11 Å². The molecule has 0 radical (unpaired) electrons. The second-order valence-corrected chi connectivity index (χ2v) is 3.61. The van der Waals surface area contributed by atoms with Crippen LogP contribution in [0.2, 0.25) is 0 Å². The predicted octanol–water partition coefficient (Wildman–Crippen LogP) is 3.67. The highest BCUT2D eigenvalue weighted by Crippen LogP contribution is 2.08. The third kappa shape index (κ3) is 9.62. The van der Waals surface area contributed by atoms with E-state index < -0.39 is 0 Å². The van der Waals surface area contributed by atoms with E-state index in [1.54, 1.807) is 0 Å². The highest BCUT2D eigenvalue weighted by molar-refractivity contribution is 4.79. The molecule has 0 aromatic rings. The van der Waals surface area contributed by atoms with Gasteiger partial charge in [-0.05, 0) is 32.1 Å². The van der Waals surface area contributed by atoms with E-state index in [2.05, 4.69) is 26.0 Å². The van der Waals surface area contributed by atoms with Crippen molar-refractivity contribution in [3.8, 4) is 0 Å². The molecule has 13 heavy (non-hydrogen) atoms. The van der Waals surface area contributed by atoms with Crippen molar-refractivity contribution in [3.05, 3.63) is 12.2 Å². The maximum absolute atomic E-state index is 9.43. The van der Waals surface area contributed by atoms with E-state index in [9.17, 15) is 5.11 Å². The molecule has 0 spiro atoms. The Labute approximate surface area is 82.9 Å². The third-order valence-electron chi connectivity index (χ3n) is 2.18. The number of aliphatic hydroxyl groups excluding tert-OH is 1. The normalized spacial score (nSPS) is 13.8. The van der Waals surface area contributed by atoms with Crippen molar-refractivity contribution in [2.45, 2.75) is 64.9 Å². The van der Waals surface area contributed by atoms with Crippen LogP contribution in [0.3, 0.4) is 0 Å². The average molecular weight is 184 g/mol. The smallest absolute Gasteiger partial charge is 0.0540 e. The van der Waals surface area contributed by atoms with Crippen LogP contribution in [0.1, 0.15) is 58.8 Å². The van der Waals surface area contributed by atoms with Gasteiger partial charge in [-0.2, -0.15) is 0 Å². The van der Waals surface area contributed by atoms with Crippen molar-refractivity contribution in [2.24, 2.45) is 0 Å². The molecule has 0 heterocycles. The van der Waals surface area contributed by atoms with Crippen LogP contribution in [-0.2, 0) is 0 Å². The lowest BCUT2D eigenvalue weighted by Crippen LogP contribution is -2.04. The van der Waals surface area contributed by atoms with Crippen molar-refractivity contribution in [3.63, 3.8) is 0 Å². The fourth-order valence-electron chi connectivity index (χ4n) is 1.40. The summed E-state index contributed by atoms with van der Waals surface area (Å²) < 4.78 is 0. The molecule has 0 aliphatic carbocycles. The van der Waals surface area contributed by atoms with Crippen molar-refractivity contribution >= 4 is 0 Å². The average Bonchev–Trinajstić information content (AvgIpc) is 2.11. The van der Waals surface area contributed by atoms with Gasteiger partial charge in [0.25, 0.3) is 0 Å². The van der Waals surface area contributed by atoms with Crippen molar-refractivity contribution in [2.75, 3.05) is 0 Å². The zero-order valence-electron chi connectivity index (χ0n) is 9.13. The van der Waals surface area contributed by atoms with Crippen LogP contribution in [-0.4, -0.2) is 11.2 Å². The summed E-state index contributed by atoms with van der Waals surface area (Å²) in [5, 5.41) is 9.43. The summed E-state index contributed by atoms with van der Waals surface area (Å²) in [7, 11) is 0. The number of unbranched alkanes of at least 4 members (excludes halogenated alkanes) is 2. The van der Waals surface area contributed by atoms with Crippen LogP contribution < -0.4 is 0 Å². The summed E-state index contributed by atoms with van der Waals surface area (Å²) in [5.41, 5.74) is 0. The van der Waals surface area contributed by atoms with Gasteiger partial charge in [0.05, 0.1) is 6.10 Å². The Morgan fingerprint density at radius 3 is 2.46 bits per heavy atom. The van der Waals surface area contributed by atoms with Gasteiger partial charge >= 0.3 is 0 Å². The molecular formula is C12H24O. The summed E-state index contributed by atoms with van der Waals surface area (Å²) in [6.07, 6.45) is 12.1. The van der Waals surface area contributed by atoms with Gasteiger partial charge in [-0.15, -0.1) is 0 Å². The first-order chi connectivity index (χ1) is 6.31. The second kappa shape index (κ2) is 9.79. The minimum absolute atomic E-state index is 0.0554. The fraction of sp³-hybridized carbons (Fsp3) is 0.833. The molecule has 0 amide bonds. The Morgan fingerprint density at radius 2 is 1.85 bits per heavy atom. The number of hydrogen-bond donors (Lipinski definition) is 1. The van der Waals surface area contributed by atoms with Crippen molar-refractivity contribution in [1.82, 2.24) is 0 Å². The van der Waals surface area contributed by atoms with E-state index >= 15 is 0 Å². The SMILES string of the molecule is CC/C=C/CCCCC(O)CCC. The molecule has 1 nitrogen and oxygen atoms in total. The molecular weight excluding hydrogens is 160 g/mol. The number of hydrogen-bond acceptors (Lipinski definition) is 1. The first-order valence-corrected chi connectivity index (χ1v) is 5.64. The van der Waals surface area contributed by atoms with E-state index in [1.807, 2.05) is 0 Å². The standard InChI is InChI=1S/C12H24O/c1-3-5-6-7-8-9-11-12(13)10-4-2/h5-6,12-13H,3-4,7-11H2,1-2H3/b6-5+. The molecule has 0 bridgehead atoms. The van der Waals surface area contributed by atoms with E-state index in [1.165, 1.54) is 12.8 Å². The van der Waals surface area contributed by atoms with E-state index in [-0.39, 0.29) is 6.10 Å². The molecule has 0 saturated heterocycles. The van der Waals surface area contributed by atoms with E-state index in [4.69, 9.17) is 0 Å². The second-order valence-electron chi connectivity index (χ2n) is 3.61. The summed E-state index contributed by atoms with van der Waals surface area (Å²) in [5.74, 6) is 0. The van der Waals surface area contributed by atoms with Gasteiger partial charge in [-0.25, -0.2) is 0 Å². The molecule has 0 saturated carbocycles. The third-order valence-corrected chi connectivity index (χ3v) is 2.18. The number of aliphatic hydroxyl groups is 1. The summed E-state index contributed by atoms with van der Waals surface area (Å²) in [4.78, 5) is 0. The van der Waals surface area contributed by atoms with Crippen LogP contribution in [0.15, 0.2) is 12.2 Å². The summed E-state index contributed by atoms with van der Waals surface area (Å²) in [6.45, 7) is 4.27. The van der Waals surface area contributed by atoms with Crippen molar-refractivity contribution in [1.29, 1.82) is 0 Å². The topological polar surface area (TPSA) is 20.2 Å². The number of allylic oxidation sites excluding steroid dienone is 2. The Bertz CT molecular complexity index is 118. The monoisotopic (exact) mass is 184 g/mol. The minimum atomic E-state index is -0.0554. The Kier molecular flexibility index (Phi) is 9.56. The summed E-state index contributed by atoms with van der Waals surface area (Å²) in [6, 6.07) is 0. The Balaban J connectivity index is 3.10. The highest BCUT2D eigenvalue weighted by atomic mass is 16.3. The fourth-order valence-corrected chi connectivity index (χ4v) is 1.40. The molecule has 0 rings (SSSR count). The van der Waals surface area contributed by atoms with Gasteiger partial charge in [0.1, 0.15) is 0 Å². The zero-order chi connectivity index (χ0) is 9.94. The molecule has 0 aliphatic heterocycles. The minimum Gasteiger partial charge on any atom is -0.393 e. The lowest BCUT2D eigenvalue weighted by atomic mass is 10.1. The lowest BCUT2D eigenvalue weighted by molar-refractivity contribution is 0.150. The largest absolute Gasteiger partial charge is 0.393 e. The maximum atomic E-state index is 9.43. The molecule has 1 heteroatoms. The molecule has 1 atom stereocenters. The maximum Gasteiger partial charge on any atom is 0.0540 e. The van der Waals surface area contributed by atoms with Gasteiger partial charge in [0.2, 0.25) is 0 Å². The summed E-state index contributed by atoms with van der Waals surface area (Å²) >= 11 is 0. The van der Waals surface area contributed by atoms with Gasteiger partial charge in [0.15, 0.2) is 0 Å². The Hall–Kier alpha value is -0.300. The molecule has 0 aromatic heterocycles. The molecule has 0 aliphatic rings. The molecule has 1 N–H and O–H groups in total.